The standard InChI is InChI=1S/C47H66N2O6/c1-10-14-21-36(20-11-2)31-48-42-29-46(44(52-8)27-40(42)34(6)50)54-24-18-15-19-25-55-47-30-43(41(35(7)51)28-45(47)53-9)49-32-39(33(5)12-3)26-38-23-17-16-22-37(38)13-4/h16-17,22-23,27-33,36,39H,10-15,18-21,24-26H2,1-9H3/b48-31-,49-32-. The number of ether oxygens (including phenoxy) is 4. The second-order valence-electron chi connectivity index (χ2n) is 14.5. The number of Topliss-reactive ketones (excluding diaryl/α,β-unsaturated/α-hetero) is 2. The monoisotopic (exact) mass is 754 g/mol. The molecule has 8 heteroatoms. The first-order valence-corrected chi connectivity index (χ1v) is 20.5. The van der Waals surface area contributed by atoms with E-state index in [0.717, 1.165) is 70.6 Å². The Morgan fingerprint density at radius 1 is 0.673 bits per heavy atom. The van der Waals surface area contributed by atoms with Crippen LogP contribution in [0.1, 0.15) is 138 Å². The van der Waals surface area contributed by atoms with E-state index >= 15 is 0 Å². The van der Waals surface area contributed by atoms with Crippen molar-refractivity contribution in [1.82, 2.24) is 0 Å². The summed E-state index contributed by atoms with van der Waals surface area (Å²) in [6, 6.07) is 15.7. The van der Waals surface area contributed by atoms with Gasteiger partial charge in [-0.05, 0) is 93.9 Å². The van der Waals surface area contributed by atoms with Gasteiger partial charge in [-0.3, -0.25) is 19.6 Å². The third-order valence-corrected chi connectivity index (χ3v) is 10.4. The molecule has 3 aromatic carbocycles. The van der Waals surface area contributed by atoms with E-state index < -0.39 is 0 Å². The molecule has 0 saturated heterocycles. The summed E-state index contributed by atoms with van der Waals surface area (Å²) < 4.78 is 23.6. The Morgan fingerprint density at radius 3 is 1.69 bits per heavy atom. The van der Waals surface area contributed by atoms with Crippen LogP contribution in [0.4, 0.5) is 11.4 Å². The number of unbranched alkanes of at least 4 members (excludes halogenated alkanes) is 3. The predicted molar refractivity (Wildman–Crippen MR) is 228 cm³/mol. The molecule has 3 aromatic rings. The minimum Gasteiger partial charge on any atom is -0.493 e. The fourth-order valence-electron chi connectivity index (χ4n) is 6.72. The summed E-state index contributed by atoms with van der Waals surface area (Å²) in [5, 5.41) is 0. The summed E-state index contributed by atoms with van der Waals surface area (Å²) in [6.45, 7) is 15.1. The molecule has 55 heavy (non-hydrogen) atoms. The zero-order valence-electron chi connectivity index (χ0n) is 35.0. The summed E-state index contributed by atoms with van der Waals surface area (Å²) in [6.07, 6.45) is 14.9. The zero-order valence-corrected chi connectivity index (χ0v) is 35.0. The Morgan fingerprint density at radius 2 is 1.22 bits per heavy atom. The number of aliphatic imine (C=N–C) groups is 2. The average Bonchev–Trinajstić information content (AvgIpc) is 3.19. The van der Waals surface area contributed by atoms with E-state index in [0.29, 0.717) is 70.5 Å². The maximum Gasteiger partial charge on any atom is 0.163 e. The van der Waals surface area contributed by atoms with Crippen LogP contribution in [0.15, 0.2) is 58.5 Å². The van der Waals surface area contributed by atoms with E-state index in [4.69, 9.17) is 28.9 Å². The van der Waals surface area contributed by atoms with Crippen LogP contribution in [-0.4, -0.2) is 51.4 Å². The van der Waals surface area contributed by atoms with Gasteiger partial charge in [-0.2, -0.15) is 0 Å². The smallest absolute Gasteiger partial charge is 0.163 e. The SMILES string of the molecule is CCCCC(/C=N\c1cc(OCCCCCOc2cc(/N=C\C(Cc3ccccc3CC)C(C)CC)c(C(C)=O)cc2OC)c(OC)cc1C(C)=O)CCC. The summed E-state index contributed by atoms with van der Waals surface area (Å²) >= 11 is 0. The van der Waals surface area contributed by atoms with Crippen molar-refractivity contribution in [1.29, 1.82) is 0 Å². The van der Waals surface area contributed by atoms with Gasteiger partial charge in [0.15, 0.2) is 34.6 Å². The Bertz CT molecular complexity index is 1710. The van der Waals surface area contributed by atoms with Crippen molar-refractivity contribution in [3.05, 3.63) is 70.8 Å². The number of aryl methyl sites for hydroxylation is 1. The van der Waals surface area contributed by atoms with Gasteiger partial charge < -0.3 is 18.9 Å². The van der Waals surface area contributed by atoms with Gasteiger partial charge in [0.25, 0.3) is 0 Å². The highest BCUT2D eigenvalue weighted by Gasteiger charge is 2.19. The molecular weight excluding hydrogens is 689 g/mol. The highest BCUT2D eigenvalue weighted by Crippen LogP contribution is 2.37. The van der Waals surface area contributed by atoms with Crippen LogP contribution in [0, 0.1) is 17.8 Å². The number of rotatable bonds is 26. The van der Waals surface area contributed by atoms with Gasteiger partial charge in [-0.25, -0.2) is 0 Å². The largest absolute Gasteiger partial charge is 0.493 e. The van der Waals surface area contributed by atoms with Crippen LogP contribution >= 0.6 is 0 Å². The van der Waals surface area contributed by atoms with Gasteiger partial charge in [0, 0.05) is 41.6 Å². The minimum atomic E-state index is -0.0763. The van der Waals surface area contributed by atoms with E-state index in [2.05, 4.69) is 58.9 Å². The first-order chi connectivity index (χ1) is 26.6. The molecule has 3 unspecified atom stereocenters. The quantitative estimate of drug-likeness (QED) is 0.0460. The van der Waals surface area contributed by atoms with Gasteiger partial charge >= 0.3 is 0 Å². The number of methoxy groups -OCH3 is 2. The minimum absolute atomic E-state index is 0.0621. The molecule has 8 nitrogen and oxygen atoms in total. The van der Waals surface area contributed by atoms with Crippen LogP contribution in [-0.2, 0) is 12.8 Å². The highest BCUT2D eigenvalue weighted by atomic mass is 16.5. The molecule has 300 valence electrons. The summed E-state index contributed by atoms with van der Waals surface area (Å²) in [4.78, 5) is 35.0. The first kappa shape index (κ1) is 44.9. The molecule has 0 aliphatic heterocycles. The molecule has 0 amide bonds. The lowest BCUT2D eigenvalue weighted by molar-refractivity contribution is 0.100. The molecule has 0 aliphatic rings. The Labute approximate surface area is 331 Å². The third kappa shape index (κ3) is 14.0. The lowest BCUT2D eigenvalue weighted by Gasteiger charge is -2.21. The lowest BCUT2D eigenvalue weighted by Crippen LogP contribution is -2.16. The van der Waals surface area contributed by atoms with Gasteiger partial charge in [0.05, 0.1) is 38.8 Å². The zero-order chi connectivity index (χ0) is 40.2. The van der Waals surface area contributed by atoms with Crippen molar-refractivity contribution in [2.75, 3.05) is 27.4 Å². The molecule has 0 spiro atoms. The van der Waals surface area contributed by atoms with Crippen LogP contribution in [0.5, 0.6) is 23.0 Å². The van der Waals surface area contributed by atoms with E-state index in [-0.39, 0.29) is 17.5 Å². The molecule has 0 heterocycles. The molecule has 0 saturated carbocycles. The second-order valence-corrected chi connectivity index (χ2v) is 14.5. The van der Waals surface area contributed by atoms with E-state index in [1.54, 1.807) is 40.2 Å². The topological polar surface area (TPSA) is 95.8 Å². The maximum absolute atomic E-state index is 12.7. The molecular formula is C47H66N2O6. The number of carbonyl (C=O) groups is 2. The molecule has 0 bridgehead atoms. The second kappa shape index (κ2) is 24.1. The van der Waals surface area contributed by atoms with Crippen LogP contribution in [0.25, 0.3) is 0 Å². The summed E-state index contributed by atoms with van der Waals surface area (Å²) in [5.74, 6) is 3.04. The van der Waals surface area contributed by atoms with Crippen molar-refractivity contribution in [2.24, 2.45) is 27.7 Å². The molecule has 0 aromatic heterocycles. The Kier molecular flexibility index (Phi) is 19.7. The summed E-state index contributed by atoms with van der Waals surface area (Å²) in [5.41, 5.74) is 4.93. The van der Waals surface area contributed by atoms with Crippen molar-refractivity contribution >= 4 is 35.4 Å². The number of carbonyl (C=O) groups excluding carboxylic acids is 2. The highest BCUT2D eigenvalue weighted by molar-refractivity contribution is 6.01. The molecule has 0 N–H and O–H groups in total. The number of hydrogen-bond donors (Lipinski definition) is 0. The van der Waals surface area contributed by atoms with Gasteiger partial charge in [-0.15, -0.1) is 0 Å². The predicted octanol–water partition coefficient (Wildman–Crippen LogP) is 12.2. The van der Waals surface area contributed by atoms with Crippen molar-refractivity contribution in [3.63, 3.8) is 0 Å². The van der Waals surface area contributed by atoms with Crippen molar-refractivity contribution < 1.29 is 28.5 Å². The lowest BCUT2D eigenvalue weighted by atomic mass is 9.85. The normalized spacial score (nSPS) is 13.2. The molecule has 0 fully saturated rings. The number of ketones is 2. The Hall–Kier alpha value is -4.46. The van der Waals surface area contributed by atoms with E-state index in [1.165, 1.54) is 11.1 Å². The molecule has 3 rings (SSSR count). The van der Waals surface area contributed by atoms with Crippen molar-refractivity contribution in [2.45, 2.75) is 119 Å². The fraction of sp³-hybridized carbons (Fsp3) is 0.532. The molecule has 0 radical (unpaired) electrons. The van der Waals surface area contributed by atoms with Gasteiger partial charge in [0.1, 0.15) is 0 Å². The molecule has 0 aliphatic carbocycles. The van der Waals surface area contributed by atoms with Crippen molar-refractivity contribution in [3.8, 4) is 23.0 Å². The van der Waals surface area contributed by atoms with E-state index in [9.17, 15) is 9.59 Å². The summed E-state index contributed by atoms with van der Waals surface area (Å²) in [7, 11) is 3.17. The average molecular weight is 755 g/mol. The van der Waals surface area contributed by atoms with Crippen LogP contribution in [0.3, 0.4) is 0 Å². The van der Waals surface area contributed by atoms with Crippen LogP contribution in [0.2, 0.25) is 0 Å². The number of benzene rings is 3. The maximum atomic E-state index is 12.7. The third-order valence-electron chi connectivity index (χ3n) is 10.4. The first-order valence-electron chi connectivity index (χ1n) is 20.5. The van der Waals surface area contributed by atoms with Gasteiger partial charge in [-0.1, -0.05) is 84.6 Å². The molecule has 3 atom stereocenters. The number of hydrogen-bond acceptors (Lipinski definition) is 8. The fourth-order valence-corrected chi connectivity index (χ4v) is 6.72. The van der Waals surface area contributed by atoms with Gasteiger partial charge in [0.2, 0.25) is 0 Å². The van der Waals surface area contributed by atoms with E-state index in [1.807, 2.05) is 24.6 Å². The number of nitrogens with zero attached hydrogens (tertiary/aromatic N) is 2. The van der Waals surface area contributed by atoms with Crippen LogP contribution < -0.4 is 18.9 Å². The Balaban J connectivity index is 1.67.